The molecular weight excluding hydrogens is 336 g/mol. The predicted octanol–water partition coefficient (Wildman–Crippen LogP) is 3.74. The number of aromatic nitrogens is 3. The van der Waals surface area contributed by atoms with Crippen LogP contribution in [0.5, 0.6) is 0 Å². The van der Waals surface area contributed by atoms with Crippen molar-refractivity contribution in [3.63, 3.8) is 0 Å². The molecule has 134 valence electrons. The van der Waals surface area contributed by atoms with Gasteiger partial charge in [-0.15, -0.1) is 5.10 Å². The highest BCUT2D eigenvalue weighted by atomic mass is 16.1. The molecule has 0 radical (unpaired) electrons. The van der Waals surface area contributed by atoms with Crippen LogP contribution < -0.4 is 5.73 Å². The van der Waals surface area contributed by atoms with Crippen molar-refractivity contribution >= 4 is 16.7 Å². The van der Waals surface area contributed by atoms with Gasteiger partial charge in [0.1, 0.15) is 5.69 Å². The predicted molar refractivity (Wildman–Crippen MR) is 106 cm³/mol. The highest BCUT2D eigenvalue weighted by Crippen LogP contribution is 2.26. The van der Waals surface area contributed by atoms with Crippen LogP contribution in [0.2, 0.25) is 0 Å². The van der Waals surface area contributed by atoms with Gasteiger partial charge in [0, 0.05) is 5.56 Å². The topological polar surface area (TPSA) is 73.8 Å². The van der Waals surface area contributed by atoms with Gasteiger partial charge in [0.15, 0.2) is 0 Å². The van der Waals surface area contributed by atoms with Gasteiger partial charge < -0.3 is 5.73 Å². The molecule has 4 aromatic rings. The smallest absolute Gasteiger partial charge is 0.221 e. The minimum atomic E-state index is -0.362. The van der Waals surface area contributed by atoms with Crippen molar-refractivity contribution in [2.45, 2.75) is 19.4 Å². The summed E-state index contributed by atoms with van der Waals surface area (Å²) >= 11 is 0. The Balaban J connectivity index is 1.67. The van der Waals surface area contributed by atoms with Gasteiger partial charge in [-0.3, -0.25) is 4.79 Å². The van der Waals surface area contributed by atoms with Gasteiger partial charge in [0.05, 0.1) is 18.7 Å². The molecule has 0 aliphatic heterocycles. The maximum absolute atomic E-state index is 11.3. The second-order valence-corrected chi connectivity index (χ2v) is 6.67. The quantitative estimate of drug-likeness (QED) is 0.592. The molecule has 0 aliphatic rings. The van der Waals surface area contributed by atoms with Crippen molar-refractivity contribution in [1.29, 1.82) is 0 Å². The SMILES string of the molecule is CC(c1ccc2ccccc2c1)n1cc(-c2ccccc2CC(N)=O)nn1. The highest BCUT2D eigenvalue weighted by molar-refractivity contribution is 5.83. The molecule has 1 aromatic heterocycles. The van der Waals surface area contributed by atoms with Crippen LogP contribution in [-0.2, 0) is 11.2 Å². The molecule has 27 heavy (non-hydrogen) atoms. The molecular formula is C22H20N4O. The van der Waals surface area contributed by atoms with Gasteiger partial charge in [0.2, 0.25) is 5.91 Å². The molecule has 0 bridgehead atoms. The molecule has 3 aromatic carbocycles. The minimum absolute atomic E-state index is 0.0409. The number of carbonyl (C=O) groups is 1. The zero-order chi connectivity index (χ0) is 18.8. The summed E-state index contributed by atoms with van der Waals surface area (Å²) in [5.74, 6) is -0.362. The van der Waals surface area contributed by atoms with Crippen molar-refractivity contribution in [3.8, 4) is 11.3 Å². The zero-order valence-electron chi connectivity index (χ0n) is 15.0. The number of amides is 1. The summed E-state index contributed by atoms with van der Waals surface area (Å²) in [5, 5.41) is 11.1. The summed E-state index contributed by atoms with van der Waals surface area (Å²) in [6.45, 7) is 2.10. The molecule has 0 spiro atoms. The lowest BCUT2D eigenvalue weighted by molar-refractivity contribution is -0.117. The average Bonchev–Trinajstić information content (AvgIpc) is 3.17. The first-order chi connectivity index (χ1) is 13.1. The van der Waals surface area contributed by atoms with Gasteiger partial charge in [-0.05, 0) is 34.9 Å². The standard InChI is InChI=1S/C22H20N4O/c1-15(17-11-10-16-6-2-3-7-18(16)12-17)26-14-21(24-25-26)20-9-5-4-8-19(20)13-22(23)27/h2-12,14-15H,13H2,1H3,(H2,23,27). The Labute approximate surface area is 157 Å². The average molecular weight is 356 g/mol. The highest BCUT2D eigenvalue weighted by Gasteiger charge is 2.14. The van der Waals surface area contributed by atoms with Gasteiger partial charge >= 0.3 is 0 Å². The van der Waals surface area contributed by atoms with Crippen molar-refractivity contribution < 1.29 is 4.79 Å². The summed E-state index contributed by atoms with van der Waals surface area (Å²) in [7, 11) is 0. The Bertz CT molecular complexity index is 1120. The molecule has 1 amide bonds. The number of hydrogen-bond acceptors (Lipinski definition) is 3. The second kappa shape index (κ2) is 7.03. The summed E-state index contributed by atoms with van der Waals surface area (Å²) in [6.07, 6.45) is 2.10. The van der Waals surface area contributed by atoms with Gasteiger partial charge in [-0.2, -0.15) is 0 Å². The van der Waals surface area contributed by atoms with Crippen LogP contribution >= 0.6 is 0 Å². The number of nitrogens with two attached hydrogens (primary N) is 1. The van der Waals surface area contributed by atoms with E-state index < -0.39 is 0 Å². The van der Waals surface area contributed by atoms with E-state index in [1.807, 2.05) is 47.3 Å². The maximum atomic E-state index is 11.3. The van der Waals surface area contributed by atoms with E-state index in [0.717, 1.165) is 22.4 Å². The fourth-order valence-electron chi connectivity index (χ4n) is 3.32. The van der Waals surface area contributed by atoms with E-state index in [0.29, 0.717) is 0 Å². The largest absolute Gasteiger partial charge is 0.369 e. The molecule has 1 unspecified atom stereocenters. The summed E-state index contributed by atoms with van der Waals surface area (Å²) in [5.41, 5.74) is 9.00. The van der Waals surface area contributed by atoms with Crippen LogP contribution in [0.1, 0.15) is 24.1 Å². The van der Waals surface area contributed by atoms with E-state index >= 15 is 0 Å². The van der Waals surface area contributed by atoms with Gasteiger partial charge in [-0.1, -0.05) is 65.9 Å². The second-order valence-electron chi connectivity index (χ2n) is 6.67. The van der Waals surface area contributed by atoms with E-state index in [4.69, 9.17) is 5.73 Å². The lowest BCUT2D eigenvalue weighted by Crippen LogP contribution is -2.14. The lowest BCUT2D eigenvalue weighted by Gasteiger charge is -2.12. The Kier molecular flexibility index (Phi) is 4.42. The van der Waals surface area contributed by atoms with Crippen molar-refractivity contribution in [3.05, 3.63) is 84.1 Å². The fraction of sp³-hybridized carbons (Fsp3) is 0.136. The maximum Gasteiger partial charge on any atom is 0.221 e. The lowest BCUT2D eigenvalue weighted by atomic mass is 10.0. The first-order valence-corrected chi connectivity index (χ1v) is 8.89. The molecule has 0 aliphatic carbocycles. The number of benzene rings is 3. The molecule has 0 saturated carbocycles. The number of rotatable bonds is 5. The Morgan fingerprint density at radius 1 is 1.04 bits per heavy atom. The summed E-state index contributed by atoms with van der Waals surface area (Å²) < 4.78 is 1.85. The number of nitrogens with zero attached hydrogens (tertiary/aromatic N) is 3. The van der Waals surface area contributed by atoms with Crippen molar-refractivity contribution in [1.82, 2.24) is 15.0 Å². The zero-order valence-corrected chi connectivity index (χ0v) is 15.0. The number of fused-ring (bicyclic) bond motifs is 1. The van der Waals surface area contributed by atoms with E-state index in [1.54, 1.807) is 0 Å². The first kappa shape index (κ1) is 17.0. The Morgan fingerprint density at radius 3 is 2.59 bits per heavy atom. The molecule has 2 N–H and O–H groups in total. The third kappa shape index (κ3) is 3.44. The Hall–Kier alpha value is -3.47. The van der Waals surface area contributed by atoms with Crippen molar-refractivity contribution in [2.24, 2.45) is 5.73 Å². The molecule has 1 heterocycles. The van der Waals surface area contributed by atoms with Crippen LogP contribution in [0.4, 0.5) is 0 Å². The fourth-order valence-corrected chi connectivity index (χ4v) is 3.32. The van der Waals surface area contributed by atoms with E-state index in [2.05, 4.69) is 47.6 Å². The monoisotopic (exact) mass is 356 g/mol. The molecule has 5 nitrogen and oxygen atoms in total. The number of hydrogen-bond donors (Lipinski definition) is 1. The normalized spacial score (nSPS) is 12.2. The van der Waals surface area contributed by atoms with E-state index in [1.165, 1.54) is 10.8 Å². The molecule has 0 fully saturated rings. The summed E-state index contributed by atoms with van der Waals surface area (Å²) in [6, 6.07) is 22.4. The number of carbonyl (C=O) groups excluding carboxylic acids is 1. The summed E-state index contributed by atoms with van der Waals surface area (Å²) in [4.78, 5) is 11.3. The van der Waals surface area contributed by atoms with Gasteiger partial charge in [-0.25, -0.2) is 4.68 Å². The van der Waals surface area contributed by atoms with Crippen molar-refractivity contribution in [2.75, 3.05) is 0 Å². The minimum Gasteiger partial charge on any atom is -0.369 e. The van der Waals surface area contributed by atoms with Crippen LogP contribution in [0.15, 0.2) is 72.9 Å². The van der Waals surface area contributed by atoms with Crippen LogP contribution in [-0.4, -0.2) is 20.9 Å². The van der Waals surface area contributed by atoms with Crippen LogP contribution in [0.25, 0.3) is 22.0 Å². The van der Waals surface area contributed by atoms with Crippen LogP contribution in [0.3, 0.4) is 0 Å². The first-order valence-electron chi connectivity index (χ1n) is 8.89. The van der Waals surface area contributed by atoms with E-state index in [9.17, 15) is 4.79 Å². The molecule has 5 heteroatoms. The third-order valence-electron chi connectivity index (χ3n) is 4.82. The van der Waals surface area contributed by atoms with Gasteiger partial charge in [0.25, 0.3) is 0 Å². The number of primary amides is 1. The Morgan fingerprint density at radius 2 is 1.78 bits per heavy atom. The third-order valence-corrected chi connectivity index (χ3v) is 4.82. The van der Waals surface area contributed by atoms with Crippen LogP contribution in [0, 0.1) is 0 Å². The molecule has 1 atom stereocenters. The molecule has 0 saturated heterocycles. The van der Waals surface area contributed by atoms with E-state index in [-0.39, 0.29) is 18.4 Å². The molecule has 4 rings (SSSR count).